The average molecular weight is 510 g/mol. The van der Waals surface area contributed by atoms with Gasteiger partial charge in [-0.25, -0.2) is 13.6 Å². The van der Waals surface area contributed by atoms with E-state index in [0.29, 0.717) is 25.6 Å². The van der Waals surface area contributed by atoms with Gasteiger partial charge in [-0.15, -0.1) is 24.0 Å². The number of hydrogen-bond donors (Lipinski definition) is 2. The number of aliphatic imine (C=N–C) groups is 1. The molecule has 0 radical (unpaired) electrons. The van der Waals surface area contributed by atoms with E-state index >= 15 is 0 Å². The Hall–Kier alpha value is -1.65. The number of ether oxygens (including phenoxy) is 1. The highest BCUT2D eigenvalue weighted by Gasteiger charge is 2.27. The van der Waals surface area contributed by atoms with Crippen LogP contribution in [0.1, 0.15) is 32.8 Å². The molecule has 1 amide bonds. The largest absolute Gasteiger partial charge is 0.444 e. The van der Waals surface area contributed by atoms with Crippen LogP contribution in [0.4, 0.5) is 13.6 Å². The molecule has 1 fully saturated rings. The zero-order valence-corrected chi connectivity index (χ0v) is 19.1. The highest BCUT2D eigenvalue weighted by Crippen LogP contribution is 2.14. The van der Waals surface area contributed by atoms with Gasteiger partial charge >= 0.3 is 6.09 Å². The van der Waals surface area contributed by atoms with Crippen LogP contribution in [0.2, 0.25) is 0 Å². The summed E-state index contributed by atoms with van der Waals surface area (Å²) in [5, 5.41) is 5.98. The Bertz CT molecular complexity index is 675. The third-order valence-electron chi connectivity index (χ3n) is 4.14. The number of nitrogens with zero attached hydrogens (tertiary/aromatic N) is 2. The zero-order valence-electron chi connectivity index (χ0n) is 16.7. The Morgan fingerprint density at radius 2 is 1.96 bits per heavy atom. The van der Waals surface area contributed by atoms with Crippen LogP contribution in [0.3, 0.4) is 0 Å². The molecule has 2 rings (SSSR count). The van der Waals surface area contributed by atoms with Crippen molar-refractivity contribution in [3.8, 4) is 0 Å². The predicted molar refractivity (Wildman–Crippen MR) is 116 cm³/mol. The summed E-state index contributed by atoms with van der Waals surface area (Å²) in [6.45, 7) is 7.11. The summed E-state index contributed by atoms with van der Waals surface area (Å²) in [5.41, 5.74) is -0.478. The standard InChI is InChI=1S/C19H28F2N4O2.HI/c1-19(2,3)27-18(26)24-13-9-11-25(12-13)17(22-4)23-10-8-14-15(20)6-5-7-16(14)21;/h5-7,13H,8-12H2,1-4H3,(H,22,23)(H,24,26);1H. The van der Waals surface area contributed by atoms with Crippen LogP contribution in [0.5, 0.6) is 0 Å². The van der Waals surface area contributed by atoms with Crippen molar-refractivity contribution in [1.82, 2.24) is 15.5 Å². The van der Waals surface area contributed by atoms with E-state index in [1.165, 1.54) is 18.2 Å². The van der Waals surface area contributed by atoms with E-state index in [1.807, 2.05) is 25.7 Å². The molecule has 158 valence electrons. The van der Waals surface area contributed by atoms with Crippen molar-refractivity contribution < 1.29 is 18.3 Å². The molecular formula is C19H29F2IN4O2. The number of rotatable bonds is 4. The maximum Gasteiger partial charge on any atom is 0.407 e. The molecule has 1 atom stereocenters. The zero-order chi connectivity index (χ0) is 20.0. The molecule has 0 spiro atoms. The van der Waals surface area contributed by atoms with Crippen molar-refractivity contribution >= 4 is 36.0 Å². The SMILES string of the molecule is CN=C(NCCc1c(F)cccc1F)N1CCC(NC(=O)OC(C)(C)C)C1.I. The molecule has 0 aromatic heterocycles. The molecule has 1 saturated heterocycles. The summed E-state index contributed by atoms with van der Waals surface area (Å²) >= 11 is 0. The number of nitrogens with one attached hydrogen (secondary N) is 2. The van der Waals surface area contributed by atoms with Gasteiger partial charge in [0.2, 0.25) is 0 Å². The molecule has 1 aromatic carbocycles. The lowest BCUT2D eigenvalue weighted by Gasteiger charge is -2.23. The van der Waals surface area contributed by atoms with Gasteiger partial charge in [-0.1, -0.05) is 6.07 Å². The van der Waals surface area contributed by atoms with Crippen molar-refractivity contribution in [3.05, 3.63) is 35.4 Å². The number of benzene rings is 1. The first-order valence-electron chi connectivity index (χ1n) is 9.07. The normalized spacial score (nSPS) is 17.1. The van der Waals surface area contributed by atoms with Gasteiger partial charge < -0.3 is 20.3 Å². The van der Waals surface area contributed by atoms with Crippen LogP contribution >= 0.6 is 24.0 Å². The minimum Gasteiger partial charge on any atom is -0.444 e. The minimum absolute atomic E-state index is 0. The van der Waals surface area contributed by atoms with E-state index in [4.69, 9.17) is 4.74 Å². The number of hydrogen-bond acceptors (Lipinski definition) is 3. The van der Waals surface area contributed by atoms with Crippen molar-refractivity contribution in [2.75, 3.05) is 26.7 Å². The van der Waals surface area contributed by atoms with Gasteiger partial charge in [-0.3, -0.25) is 4.99 Å². The number of guanidine groups is 1. The van der Waals surface area contributed by atoms with Crippen molar-refractivity contribution in [3.63, 3.8) is 0 Å². The topological polar surface area (TPSA) is 66.0 Å². The van der Waals surface area contributed by atoms with E-state index in [0.717, 1.165) is 6.42 Å². The second-order valence-corrected chi connectivity index (χ2v) is 7.50. The molecule has 28 heavy (non-hydrogen) atoms. The van der Waals surface area contributed by atoms with Gasteiger partial charge in [0, 0.05) is 32.2 Å². The van der Waals surface area contributed by atoms with E-state index < -0.39 is 23.3 Å². The van der Waals surface area contributed by atoms with E-state index in [1.54, 1.807) is 7.05 Å². The highest BCUT2D eigenvalue weighted by atomic mass is 127. The van der Waals surface area contributed by atoms with Gasteiger partial charge in [0.15, 0.2) is 5.96 Å². The third kappa shape index (κ3) is 7.40. The minimum atomic E-state index is -0.547. The lowest BCUT2D eigenvalue weighted by atomic mass is 10.1. The maximum atomic E-state index is 13.7. The van der Waals surface area contributed by atoms with Crippen LogP contribution in [0, 0.1) is 11.6 Å². The molecule has 1 aromatic rings. The van der Waals surface area contributed by atoms with E-state index in [2.05, 4.69) is 15.6 Å². The maximum absolute atomic E-state index is 13.7. The summed E-state index contributed by atoms with van der Waals surface area (Å²) in [7, 11) is 1.65. The quantitative estimate of drug-likeness (QED) is 0.371. The summed E-state index contributed by atoms with van der Waals surface area (Å²) in [4.78, 5) is 18.1. The van der Waals surface area contributed by atoms with Crippen LogP contribution in [-0.2, 0) is 11.2 Å². The molecule has 0 bridgehead atoms. The first-order chi connectivity index (χ1) is 12.7. The molecule has 1 unspecified atom stereocenters. The fraction of sp³-hybridized carbons (Fsp3) is 0.579. The number of carbonyl (C=O) groups is 1. The molecule has 0 aliphatic carbocycles. The lowest BCUT2D eigenvalue weighted by molar-refractivity contribution is 0.0507. The number of alkyl carbamates (subject to hydrolysis) is 1. The van der Waals surface area contributed by atoms with Gasteiger partial charge in [0.05, 0.1) is 6.04 Å². The Labute approximate surface area is 182 Å². The monoisotopic (exact) mass is 510 g/mol. The van der Waals surface area contributed by atoms with Crippen LogP contribution < -0.4 is 10.6 Å². The van der Waals surface area contributed by atoms with Crippen molar-refractivity contribution in [1.29, 1.82) is 0 Å². The highest BCUT2D eigenvalue weighted by molar-refractivity contribution is 14.0. The molecule has 2 N–H and O–H groups in total. The Morgan fingerprint density at radius 3 is 2.54 bits per heavy atom. The van der Waals surface area contributed by atoms with Crippen LogP contribution in [-0.4, -0.2) is 55.3 Å². The molecule has 0 saturated carbocycles. The first kappa shape index (κ1) is 24.4. The van der Waals surface area contributed by atoms with E-state index in [-0.39, 0.29) is 42.0 Å². The Balaban J connectivity index is 0.00000392. The summed E-state index contributed by atoms with van der Waals surface area (Å²) in [6.07, 6.45) is 0.541. The molecule has 1 aliphatic rings. The van der Waals surface area contributed by atoms with Gasteiger partial charge in [0.1, 0.15) is 17.2 Å². The first-order valence-corrected chi connectivity index (χ1v) is 9.07. The lowest BCUT2D eigenvalue weighted by Crippen LogP contribution is -2.44. The Kier molecular flexibility index (Phi) is 9.38. The number of halogens is 3. The average Bonchev–Trinajstić information content (AvgIpc) is 3.00. The molecule has 1 aliphatic heterocycles. The summed E-state index contributed by atoms with van der Waals surface area (Å²) in [5.74, 6) is -0.454. The fourth-order valence-corrected chi connectivity index (χ4v) is 2.95. The van der Waals surface area contributed by atoms with Gasteiger partial charge in [-0.05, 0) is 45.7 Å². The predicted octanol–water partition coefficient (Wildman–Crippen LogP) is 3.30. The Morgan fingerprint density at radius 1 is 1.32 bits per heavy atom. The molecule has 9 heteroatoms. The molecule has 6 nitrogen and oxygen atoms in total. The van der Waals surface area contributed by atoms with Crippen LogP contribution in [0.25, 0.3) is 0 Å². The molecular weight excluding hydrogens is 481 g/mol. The second kappa shape index (κ2) is 10.8. The summed E-state index contributed by atoms with van der Waals surface area (Å²) < 4.78 is 32.6. The number of amides is 1. The van der Waals surface area contributed by atoms with Crippen molar-refractivity contribution in [2.45, 2.75) is 45.3 Å². The smallest absolute Gasteiger partial charge is 0.407 e. The fourth-order valence-electron chi connectivity index (χ4n) is 2.95. The number of carbonyl (C=O) groups excluding carboxylic acids is 1. The van der Waals surface area contributed by atoms with Gasteiger partial charge in [0.25, 0.3) is 0 Å². The van der Waals surface area contributed by atoms with Crippen LogP contribution in [0.15, 0.2) is 23.2 Å². The van der Waals surface area contributed by atoms with E-state index in [9.17, 15) is 13.6 Å². The van der Waals surface area contributed by atoms with Crippen molar-refractivity contribution in [2.24, 2.45) is 4.99 Å². The molecule has 1 heterocycles. The second-order valence-electron chi connectivity index (χ2n) is 7.50. The number of likely N-dealkylation sites (tertiary alicyclic amines) is 1. The summed E-state index contributed by atoms with van der Waals surface area (Å²) in [6, 6.07) is 3.81. The van der Waals surface area contributed by atoms with Gasteiger partial charge in [-0.2, -0.15) is 0 Å². The third-order valence-corrected chi connectivity index (χ3v) is 4.14.